The zero-order valence-corrected chi connectivity index (χ0v) is 13.9. The smallest absolute Gasteiger partial charge is 0.119 e. The molecule has 0 fully saturated rings. The summed E-state index contributed by atoms with van der Waals surface area (Å²) in [7, 11) is 1.81. The van der Waals surface area contributed by atoms with E-state index in [4.69, 9.17) is 4.74 Å². The van der Waals surface area contributed by atoms with E-state index >= 15 is 0 Å². The first-order chi connectivity index (χ1) is 10.4. The first-order valence-electron chi connectivity index (χ1n) is 8.69. The lowest BCUT2D eigenvalue weighted by molar-refractivity contribution is 0.304. The molecule has 1 aromatic rings. The van der Waals surface area contributed by atoms with Crippen molar-refractivity contribution in [2.24, 2.45) is 0 Å². The Bertz CT molecular complexity index is 334. The van der Waals surface area contributed by atoms with E-state index in [1.54, 1.807) is 7.05 Å². The molecule has 1 aromatic carbocycles. The average molecular weight is 290 g/mol. The second-order valence-corrected chi connectivity index (χ2v) is 5.75. The Kier molecular flexibility index (Phi) is 10.7. The van der Waals surface area contributed by atoms with Gasteiger partial charge in [0.1, 0.15) is 5.75 Å². The van der Waals surface area contributed by atoms with Crippen LogP contribution in [0.1, 0.15) is 71.1 Å². The highest BCUT2D eigenvalue weighted by molar-refractivity contribution is 5.39. The topological polar surface area (TPSA) is 23.3 Å². The minimum absolute atomic E-state index is 0.832. The Morgan fingerprint density at radius 1 is 0.762 bits per heavy atom. The second kappa shape index (κ2) is 12.6. The number of benzene rings is 1. The van der Waals surface area contributed by atoms with Gasteiger partial charge in [0.05, 0.1) is 12.3 Å². The number of ether oxygens (including phenoxy) is 1. The highest BCUT2D eigenvalue weighted by Gasteiger charge is 1.96. The highest BCUT2D eigenvalue weighted by atomic mass is 16.5. The van der Waals surface area contributed by atoms with Crippen LogP contribution in [-0.2, 0) is 0 Å². The van der Waals surface area contributed by atoms with Crippen LogP contribution in [0.3, 0.4) is 0 Å². The van der Waals surface area contributed by atoms with Gasteiger partial charge >= 0.3 is 0 Å². The molecule has 0 spiro atoms. The standard InChI is InChI=1S/C19H32NO/c1-3-4-5-6-7-8-9-10-11-12-17-21-19-15-13-18(20-2)14-16-19/h13-16H,3-12,17H2,1-2H3. The van der Waals surface area contributed by atoms with Gasteiger partial charge in [0, 0.05) is 7.05 Å². The lowest BCUT2D eigenvalue weighted by Gasteiger charge is -2.06. The van der Waals surface area contributed by atoms with Crippen LogP contribution in [-0.4, -0.2) is 13.7 Å². The summed E-state index contributed by atoms with van der Waals surface area (Å²) in [6, 6.07) is 7.99. The van der Waals surface area contributed by atoms with E-state index in [9.17, 15) is 0 Å². The number of hydrogen-bond donors (Lipinski definition) is 0. The van der Waals surface area contributed by atoms with Gasteiger partial charge in [-0.3, -0.25) is 5.32 Å². The molecule has 0 atom stereocenters. The maximum Gasteiger partial charge on any atom is 0.119 e. The first kappa shape index (κ1) is 17.9. The van der Waals surface area contributed by atoms with Crippen LogP contribution in [0.4, 0.5) is 5.69 Å². The zero-order chi connectivity index (χ0) is 15.2. The predicted octanol–water partition coefficient (Wildman–Crippen LogP) is 5.85. The van der Waals surface area contributed by atoms with Crippen molar-refractivity contribution in [1.82, 2.24) is 5.32 Å². The van der Waals surface area contributed by atoms with Crippen molar-refractivity contribution in [2.45, 2.75) is 71.1 Å². The Labute approximate surface area is 131 Å². The SMILES string of the molecule is CCCCCCCCCCCCOc1ccc([N]C)cc1. The van der Waals surface area contributed by atoms with Gasteiger partial charge in [0.2, 0.25) is 0 Å². The number of hydrogen-bond acceptors (Lipinski definition) is 1. The Hall–Kier alpha value is -1.18. The third kappa shape index (κ3) is 9.38. The molecular formula is C19H32NO. The average Bonchev–Trinajstić information content (AvgIpc) is 2.53. The minimum Gasteiger partial charge on any atom is -0.494 e. The van der Waals surface area contributed by atoms with Gasteiger partial charge < -0.3 is 4.74 Å². The summed E-state index contributed by atoms with van der Waals surface area (Å²) < 4.78 is 5.74. The lowest BCUT2D eigenvalue weighted by Crippen LogP contribution is -1.97. The maximum absolute atomic E-state index is 5.74. The molecule has 0 heterocycles. The first-order valence-corrected chi connectivity index (χ1v) is 8.69. The van der Waals surface area contributed by atoms with E-state index in [1.165, 1.54) is 57.8 Å². The number of unbranched alkanes of at least 4 members (excludes halogenated alkanes) is 9. The second-order valence-electron chi connectivity index (χ2n) is 5.75. The largest absolute Gasteiger partial charge is 0.494 e. The fraction of sp³-hybridized carbons (Fsp3) is 0.684. The summed E-state index contributed by atoms with van der Waals surface area (Å²) in [4.78, 5) is 0. The van der Waals surface area contributed by atoms with Gasteiger partial charge in [-0.05, 0) is 30.7 Å². The monoisotopic (exact) mass is 290 g/mol. The van der Waals surface area contributed by atoms with Gasteiger partial charge in [-0.2, -0.15) is 0 Å². The molecular weight excluding hydrogens is 258 g/mol. The fourth-order valence-corrected chi connectivity index (χ4v) is 2.47. The summed E-state index contributed by atoms with van der Waals surface area (Å²) in [5.74, 6) is 0.957. The van der Waals surface area contributed by atoms with Crippen LogP contribution < -0.4 is 10.1 Å². The van der Waals surface area contributed by atoms with Gasteiger partial charge in [-0.15, -0.1) is 0 Å². The molecule has 2 nitrogen and oxygen atoms in total. The van der Waals surface area contributed by atoms with E-state index in [0.29, 0.717) is 0 Å². The van der Waals surface area contributed by atoms with Gasteiger partial charge in [0.25, 0.3) is 0 Å². The van der Waals surface area contributed by atoms with Crippen molar-refractivity contribution in [3.05, 3.63) is 24.3 Å². The maximum atomic E-state index is 5.74. The molecule has 21 heavy (non-hydrogen) atoms. The van der Waals surface area contributed by atoms with Crippen molar-refractivity contribution in [1.29, 1.82) is 0 Å². The van der Waals surface area contributed by atoms with Crippen LogP contribution in [0.2, 0.25) is 0 Å². The quantitative estimate of drug-likeness (QED) is 0.418. The molecule has 119 valence electrons. The van der Waals surface area contributed by atoms with Crippen LogP contribution in [0, 0.1) is 0 Å². The fourth-order valence-electron chi connectivity index (χ4n) is 2.47. The summed E-state index contributed by atoms with van der Waals surface area (Å²) in [6.45, 7) is 3.11. The number of nitrogens with zero attached hydrogens (tertiary/aromatic N) is 1. The van der Waals surface area contributed by atoms with Crippen molar-refractivity contribution in [3.63, 3.8) is 0 Å². The van der Waals surface area contributed by atoms with Gasteiger partial charge in [-0.25, -0.2) is 0 Å². The van der Waals surface area contributed by atoms with Crippen LogP contribution >= 0.6 is 0 Å². The van der Waals surface area contributed by atoms with Crippen molar-refractivity contribution in [2.75, 3.05) is 13.7 Å². The Balaban J connectivity index is 1.88. The minimum atomic E-state index is 0.832. The van der Waals surface area contributed by atoms with Gasteiger partial charge in [0.15, 0.2) is 0 Å². The van der Waals surface area contributed by atoms with E-state index in [-0.39, 0.29) is 0 Å². The zero-order valence-electron chi connectivity index (χ0n) is 13.9. The molecule has 2 heteroatoms. The summed E-state index contributed by atoms with van der Waals surface area (Å²) >= 11 is 0. The van der Waals surface area contributed by atoms with E-state index in [2.05, 4.69) is 12.2 Å². The van der Waals surface area contributed by atoms with Crippen molar-refractivity contribution >= 4 is 5.69 Å². The number of rotatable bonds is 13. The molecule has 0 aliphatic carbocycles. The molecule has 0 saturated heterocycles. The third-order valence-corrected chi connectivity index (χ3v) is 3.86. The molecule has 0 saturated carbocycles. The highest BCUT2D eigenvalue weighted by Crippen LogP contribution is 2.16. The summed E-state index contributed by atoms with van der Waals surface area (Å²) in [5.41, 5.74) is 1.00. The van der Waals surface area contributed by atoms with E-state index in [1.807, 2.05) is 24.3 Å². The lowest BCUT2D eigenvalue weighted by atomic mass is 10.1. The normalized spacial score (nSPS) is 10.6. The Morgan fingerprint density at radius 2 is 1.29 bits per heavy atom. The molecule has 1 rings (SSSR count). The third-order valence-electron chi connectivity index (χ3n) is 3.86. The van der Waals surface area contributed by atoms with Crippen molar-refractivity contribution in [3.8, 4) is 5.75 Å². The van der Waals surface area contributed by atoms with E-state index < -0.39 is 0 Å². The Morgan fingerprint density at radius 3 is 1.81 bits per heavy atom. The predicted molar refractivity (Wildman–Crippen MR) is 91.5 cm³/mol. The van der Waals surface area contributed by atoms with Crippen LogP contribution in [0.5, 0.6) is 5.75 Å². The van der Waals surface area contributed by atoms with Crippen molar-refractivity contribution < 1.29 is 4.74 Å². The molecule has 0 bridgehead atoms. The summed E-state index contributed by atoms with van der Waals surface area (Å²) in [6.07, 6.45) is 13.6. The molecule has 0 aliphatic rings. The molecule has 0 aromatic heterocycles. The van der Waals surface area contributed by atoms with E-state index in [0.717, 1.165) is 24.5 Å². The molecule has 0 N–H and O–H groups in total. The molecule has 1 radical (unpaired) electrons. The van der Waals surface area contributed by atoms with Crippen LogP contribution in [0.25, 0.3) is 0 Å². The van der Waals surface area contributed by atoms with Crippen LogP contribution in [0.15, 0.2) is 24.3 Å². The van der Waals surface area contributed by atoms with Gasteiger partial charge in [-0.1, -0.05) is 64.7 Å². The molecule has 0 amide bonds. The molecule has 0 aliphatic heterocycles. The molecule has 0 unspecified atom stereocenters. The summed E-state index contributed by atoms with van der Waals surface area (Å²) in [5, 5.41) is 4.12.